The second-order valence-corrected chi connectivity index (χ2v) is 30.0. The molecule has 0 fully saturated rings. The molecule has 28 nitrogen and oxygen atoms in total. The van der Waals surface area contributed by atoms with Crippen LogP contribution in [0.4, 0.5) is 22.7 Å². The molecule has 4 aromatic carbocycles. The first-order valence-electron chi connectivity index (χ1n) is 32.2. The van der Waals surface area contributed by atoms with E-state index in [1.807, 2.05) is 58.0 Å². The predicted octanol–water partition coefficient (Wildman–Crippen LogP) is 17.5. The van der Waals surface area contributed by atoms with E-state index in [9.17, 15) is 57.4 Å². The first-order chi connectivity index (χ1) is 50.7. The molecule has 606 valence electrons. The minimum absolute atomic E-state index is 0. The van der Waals surface area contributed by atoms with E-state index < -0.39 is 82.9 Å². The number of aliphatic carboxylic acids is 1. The average Bonchev–Trinajstić information content (AvgIpc) is 1.58. The minimum atomic E-state index is -3.59. The van der Waals surface area contributed by atoms with Crippen LogP contribution in [0.1, 0.15) is 202 Å². The van der Waals surface area contributed by atoms with Crippen molar-refractivity contribution < 1.29 is 98.8 Å². The number of carboxylic acids is 1. The molecule has 2 radical (unpaired) electrons. The molecule has 0 spiro atoms. The number of halogens is 4. The fourth-order valence-electron chi connectivity index (χ4n) is 9.87. The van der Waals surface area contributed by atoms with Gasteiger partial charge in [0.25, 0.3) is 50.0 Å². The molecule has 3 aliphatic heterocycles. The third-order valence-electron chi connectivity index (χ3n) is 15.5. The molecule has 3 aliphatic rings. The number of carbonyl (C=O) groups is 7. The van der Waals surface area contributed by atoms with Crippen molar-refractivity contribution in [3.63, 3.8) is 0 Å². The third kappa shape index (κ3) is 27.8. The second kappa shape index (κ2) is 45.6. The van der Waals surface area contributed by atoms with E-state index in [0.717, 1.165) is 46.2 Å². The van der Waals surface area contributed by atoms with Crippen LogP contribution < -0.4 is 17.2 Å². The zero-order valence-electron chi connectivity index (χ0n) is 62.2. The van der Waals surface area contributed by atoms with E-state index in [4.69, 9.17) is 79.2 Å². The van der Waals surface area contributed by atoms with Crippen molar-refractivity contribution in [2.45, 2.75) is 145 Å². The number of nitro benzene ring substituents is 2. The number of carbonyl (C=O) groups excluding carboxylic acids is 6. The van der Waals surface area contributed by atoms with E-state index in [2.05, 4.69) is 62.2 Å². The van der Waals surface area contributed by atoms with Crippen molar-refractivity contribution in [3.8, 4) is 0 Å². The van der Waals surface area contributed by atoms with Gasteiger partial charge in [-0.15, -0.1) is 0 Å². The molecule has 114 heavy (non-hydrogen) atoms. The number of esters is 2. The zero-order chi connectivity index (χ0) is 82.5. The van der Waals surface area contributed by atoms with Gasteiger partial charge in [-0.2, -0.15) is 6.92 Å². The Bertz CT molecular complexity index is 4870. The Balaban J connectivity index is 0. The molecule has 0 saturated carbocycles. The zero-order valence-corrected chi connectivity index (χ0v) is 68.8. The smallest absolute Gasteiger partial charge is 0.354 e. The van der Waals surface area contributed by atoms with E-state index in [0.29, 0.717) is 11.3 Å². The molecule has 5 aromatic heterocycles. The summed E-state index contributed by atoms with van der Waals surface area (Å²) in [5.41, 5.74) is 18.9. The number of hydrogen-bond donors (Lipinski definition) is 4. The van der Waals surface area contributed by atoms with Crippen molar-refractivity contribution in [2.24, 2.45) is 11.5 Å². The van der Waals surface area contributed by atoms with Gasteiger partial charge in [0.1, 0.15) is 11.1 Å². The van der Waals surface area contributed by atoms with E-state index in [-0.39, 0.29) is 135 Å². The summed E-state index contributed by atoms with van der Waals surface area (Å²) >= 11 is 17.8. The first kappa shape index (κ1) is 106. The summed E-state index contributed by atoms with van der Waals surface area (Å²) in [4.78, 5) is 128. The number of hydrogen-bond acceptors (Lipinski definition) is 22. The maximum absolute atomic E-state index is 12.8. The van der Waals surface area contributed by atoms with Crippen molar-refractivity contribution in [1.82, 2.24) is 34.7 Å². The van der Waals surface area contributed by atoms with Crippen LogP contribution >= 0.6 is 45.5 Å². The number of carboxylic acid groups (broad SMARTS) is 1. The van der Waals surface area contributed by atoms with Gasteiger partial charge in [0.05, 0.1) is 64.2 Å². The first-order valence-corrected chi connectivity index (χ1v) is 35.7. The number of nitrogen functional groups attached to an aromatic ring is 1. The van der Waals surface area contributed by atoms with Crippen LogP contribution in [-0.2, 0) is 83.3 Å². The standard InChI is InChI=1S/C16H12ClN3O4.C16H14ClN3O2.C10H13ClO2S.C8H2ClNO5.2C8H12N2.C6H4N2.C2H4O2.C2H5.3CH4.2V/c1-16(2,9-4-3-7-18-8-9)19-14(21)12-10(17)5-6-11(20(23)24)13(12)15(19)22;1-16(2,9-4-3-7-19-8-9)20-14(21)12-10(17)5-6-11(18)13(12)15(20)22;1-10(2,3)8-4-6-9(7-5-8)14(11,12)13;9-3-1-2-4(10(13)14)6-5(3)7(11)15-8(6)12;2*1-8(2,9)7-4-3-5-10-6-7;1-7-6-3-2-4-8-5-6;1-2(3)4;1-2;;;;;/h3-8H,1-2H3;3-8H,18H2,1-2H3;4-7H,1-3H3;1-2H;2*3-6H,9H2,1-2H3;2-5H;1H3,(H,3,4);1H2,2H3;3*1H4;;/q;;;;;;;;-1;;;;;. The number of imide groups is 2. The van der Waals surface area contributed by atoms with Gasteiger partial charge in [-0.3, -0.25) is 78.9 Å². The van der Waals surface area contributed by atoms with Gasteiger partial charge in [-0.05, 0) is 149 Å². The molecule has 0 bridgehead atoms. The fraction of sp³-hybridized carbons (Fsp3) is 0.266. The second-order valence-electron chi connectivity index (χ2n) is 26.2. The Morgan fingerprint density at radius 2 is 0.807 bits per heavy atom. The summed E-state index contributed by atoms with van der Waals surface area (Å²) in [5.74, 6) is -5.09. The molecule has 0 saturated heterocycles. The number of nitrogens with zero attached hydrogens (tertiary/aromatic N) is 10. The van der Waals surface area contributed by atoms with Crippen LogP contribution in [0.2, 0.25) is 15.1 Å². The van der Waals surface area contributed by atoms with Gasteiger partial charge >= 0.3 is 11.9 Å². The number of amides is 4. The van der Waals surface area contributed by atoms with Gasteiger partial charge < -0.3 is 34.0 Å². The Morgan fingerprint density at radius 1 is 0.500 bits per heavy atom. The summed E-state index contributed by atoms with van der Waals surface area (Å²) in [6.45, 7) is 33.6. The van der Waals surface area contributed by atoms with Gasteiger partial charge in [-0.25, -0.2) is 22.9 Å². The third-order valence-corrected chi connectivity index (χ3v) is 17.9. The summed E-state index contributed by atoms with van der Waals surface area (Å²) in [5, 5.41) is 29.4. The van der Waals surface area contributed by atoms with Gasteiger partial charge in [0.2, 0.25) is 5.69 Å². The molecule has 35 heteroatoms. The van der Waals surface area contributed by atoms with Crippen molar-refractivity contribution in [1.29, 1.82) is 0 Å². The van der Waals surface area contributed by atoms with Gasteiger partial charge in [0, 0.05) is 146 Å². The monoisotopic (exact) mass is 1730 g/mol. The SMILES string of the molecule is C.C.C.CC(=O)O.CC(C)(C)c1ccc(S(=O)(=O)Cl)cc1.CC(C)(N)c1cccnc1.CC(C)(N)c1cccnc1.CC(C)(c1cccnc1)N1C(=O)c2c(Cl)ccc([N+](=O)[O-])c2C1=O.CC(C)(c1cccnc1)N1C(=O)c2c(N)ccc(Cl)c2C1=O.O=C1OC(=O)c2c([N+](=O)[O-])ccc(Cl)c21.[C-]#[N+]c1cccnc1.[CH2-]C.[V].[V]. The molecule has 12 rings (SSSR count). The molecule has 9 aromatic rings. The fourth-order valence-corrected chi connectivity index (χ4v) is 11.3. The maximum Gasteiger partial charge on any atom is 0.354 e. The average molecular weight is 1740 g/mol. The van der Waals surface area contributed by atoms with Crippen LogP contribution in [0.5, 0.6) is 0 Å². The van der Waals surface area contributed by atoms with Crippen LogP contribution in [0.25, 0.3) is 4.85 Å². The number of ether oxygens (including phenoxy) is 1. The molecule has 0 atom stereocenters. The van der Waals surface area contributed by atoms with Crippen LogP contribution in [0.15, 0.2) is 188 Å². The molecular formula is C79H90Cl4N13O15SV2-. The van der Waals surface area contributed by atoms with Crippen LogP contribution in [0.3, 0.4) is 0 Å². The minimum Gasteiger partial charge on any atom is -0.481 e. The molecule has 0 aliphatic carbocycles. The van der Waals surface area contributed by atoms with Crippen molar-refractivity contribution >= 4 is 119 Å². The molecule has 7 N–H and O–H groups in total. The number of pyridine rings is 5. The number of nitrogens with two attached hydrogens (primary N) is 3. The summed E-state index contributed by atoms with van der Waals surface area (Å²) in [7, 11) is 1.60. The maximum atomic E-state index is 12.8. The van der Waals surface area contributed by atoms with E-state index in [1.165, 1.54) is 47.5 Å². The number of anilines is 1. The largest absolute Gasteiger partial charge is 0.481 e. The molecular weight excluding hydrogens is 1650 g/mol. The van der Waals surface area contributed by atoms with Gasteiger partial charge in [-0.1, -0.05) is 126 Å². The van der Waals surface area contributed by atoms with Gasteiger partial charge in [0.15, 0.2) is 5.56 Å². The van der Waals surface area contributed by atoms with Crippen molar-refractivity contribution in [3.05, 3.63) is 298 Å². The Hall–Kier alpha value is -10.2. The Labute approximate surface area is 707 Å². The number of benzene rings is 4. The molecule has 0 unspecified atom stereocenters. The number of cyclic esters (lactones) is 2. The Kier molecular flexibility index (Phi) is 42.4. The quantitative estimate of drug-likeness (QED) is 0.0152. The number of rotatable bonds is 9. The number of aromatic nitrogens is 5. The predicted molar refractivity (Wildman–Crippen MR) is 433 cm³/mol. The van der Waals surface area contributed by atoms with Crippen molar-refractivity contribution in [2.75, 3.05) is 5.73 Å². The van der Waals surface area contributed by atoms with E-state index >= 15 is 0 Å². The number of nitro groups is 2. The normalized spacial score (nSPS) is 12.0. The Morgan fingerprint density at radius 3 is 1.10 bits per heavy atom. The summed E-state index contributed by atoms with van der Waals surface area (Å²) in [6, 6.07) is 32.5. The van der Waals surface area contributed by atoms with Crippen LogP contribution in [0, 0.1) is 33.7 Å². The topological polar surface area (TPSA) is 423 Å². The van der Waals surface area contributed by atoms with E-state index in [1.54, 1.807) is 133 Å². The number of fused-ring (bicyclic) bond motifs is 3. The molecule has 4 amide bonds. The summed E-state index contributed by atoms with van der Waals surface area (Å²) < 4.78 is 26.2. The summed E-state index contributed by atoms with van der Waals surface area (Å²) in [6.07, 6.45) is 16.6. The van der Waals surface area contributed by atoms with Crippen LogP contribution in [-0.4, -0.2) is 99.6 Å². The molecule has 8 heterocycles.